The number of carboxylic acid groups (broad SMARTS) is 1. The lowest BCUT2D eigenvalue weighted by Gasteiger charge is -2.14. The van der Waals surface area contributed by atoms with Crippen molar-refractivity contribution in [3.05, 3.63) is 59.3 Å². The van der Waals surface area contributed by atoms with E-state index in [0.717, 1.165) is 16.5 Å². The summed E-state index contributed by atoms with van der Waals surface area (Å²) in [6.07, 6.45) is 5.28. The predicted octanol–water partition coefficient (Wildman–Crippen LogP) is 2.17. The molecule has 0 bridgehead atoms. The van der Waals surface area contributed by atoms with Crippen molar-refractivity contribution in [3.8, 4) is 0 Å². The van der Waals surface area contributed by atoms with E-state index in [1.807, 2.05) is 19.2 Å². The normalized spacial score (nSPS) is 12.1. The Balaban J connectivity index is 2.13. The Hall–Kier alpha value is -3.22. The molecule has 122 valence electrons. The summed E-state index contributed by atoms with van der Waals surface area (Å²) in [7, 11) is 1.48. The minimum absolute atomic E-state index is 0.0275. The summed E-state index contributed by atoms with van der Waals surface area (Å²) in [5.41, 5.74) is 2.41. The molecule has 3 aromatic heterocycles. The van der Waals surface area contributed by atoms with Crippen molar-refractivity contribution in [2.24, 2.45) is 0 Å². The van der Waals surface area contributed by atoms with Crippen molar-refractivity contribution >= 4 is 22.8 Å². The van der Waals surface area contributed by atoms with Gasteiger partial charge in [-0.1, -0.05) is 6.92 Å². The minimum atomic E-state index is -1.10. The summed E-state index contributed by atoms with van der Waals surface area (Å²) in [6.45, 7) is 1.91. The van der Waals surface area contributed by atoms with Gasteiger partial charge in [-0.25, -0.2) is 9.78 Å². The van der Waals surface area contributed by atoms with Crippen LogP contribution < -0.4 is 5.32 Å². The Kier molecular flexibility index (Phi) is 3.99. The van der Waals surface area contributed by atoms with Crippen LogP contribution in [0.1, 0.15) is 44.9 Å². The molecular formula is C17H16N4O3. The van der Waals surface area contributed by atoms with Crippen molar-refractivity contribution in [2.45, 2.75) is 12.8 Å². The van der Waals surface area contributed by atoms with Crippen molar-refractivity contribution in [1.29, 1.82) is 0 Å². The Morgan fingerprint density at radius 1 is 1.29 bits per heavy atom. The first-order chi connectivity index (χ1) is 11.5. The topological polar surface area (TPSA) is 108 Å². The highest BCUT2D eigenvalue weighted by Gasteiger charge is 2.19. The van der Waals surface area contributed by atoms with Gasteiger partial charge in [0.1, 0.15) is 5.69 Å². The predicted molar refractivity (Wildman–Crippen MR) is 88.2 cm³/mol. The fourth-order valence-electron chi connectivity index (χ4n) is 2.65. The SMILES string of the molecule is CNC(=O)c1cc(C(=O)O)cc(C(C)c2cncc3[nH]ccc23)n1. The molecule has 24 heavy (non-hydrogen) atoms. The molecule has 0 saturated carbocycles. The van der Waals surface area contributed by atoms with Gasteiger partial charge in [-0.05, 0) is 23.8 Å². The molecule has 3 rings (SSSR count). The van der Waals surface area contributed by atoms with Gasteiger partial charge in [-0.15, -0.1) is 0 Å². The van der Waals surface area contributed by atoms with Crippen LogP contribution in [-0.2, 0) is 0 Å². The molecule has 0 aliphatic carbocycles. The highest BCUT2D eigenvalue weighted by atomic mass is 16.4. The van der Waals surface area contributed by atoms with Crippen LogP contribution in [-0.4, -0.2) is 39.0 Å². The molecule has 0 saturated heterocycles. The largest absolute Gasteiger partial charge is 0.478 e. The van der Waals surface area contributed by atoms with Gasteiger partial charge in [-0.2, -0.15) is 0 Å². The van der Waals surface area contributed by atoms with Crippen LogP contribution in [0.25, 0.3) is 10.9 Å². The number of fused-ring (bicyclic) bond motifs is 1. The van der Waals surface area contributed by atoms with Crippen molar-refractivity contribution in [3.63, 3.8) is 0 Å². The number of nitrogens with one attached hydrogen (secondary N) is 2. The first-order valence-corrected chi connectivity index (χ1v) is 7.39. The van der Waals surface area contributed by atoms with Gasteiger partial charge in [0.05, 0.1) is 17.3 Å². The van der Waals surface area contributed by atoms with E-state index < -0.39 is 11.9 Å². The number of hydrogen-bond acceptors (Lipinski definition) is 4. The lowest BCUT2D eigenvalue weighted by Crippen LogP contribution is -2.21. The number of hydrogen-bond donors (Lipinski definition) is 3. The smallest absolute Gasteiger partial charge is 0.335 e. The zero-order valence-electron chi connectivity index (χ0n) is 13.2. The average Bonchev–Trinajstić information content (AvgIpc) is 3.08. The third-order valence-corrected chi connectivity index (χ3v) is 3.97. The van der Waals surface area contributed by atoms with Crippen LogP contribution in [0.3, 0.4) is 0 Å². The third-order valence-electron chi connectivity index (χ3n) is 3.97. The quantitative estimate of drug-likeness (QED) is 0.681. The maximum Gasteiger partial charge on any atom is 0.335 e. The van der Waals surface area contributed by atoms with Crippen LogP contribution in [0.4, 0.5) is 0 Å². The van der Waals surface area contributed by atoms with Crippen LogP contribution in [0, 0.1) is 0 Å². The summed E-state index contributed by atoms with van der Waals surface area (Å²) in [5, 5.41) is 12.8. The second-order valence-electron chi connectivity index (χ2n) is 5.44. The number of H-pyrrole nitrogens is 1. The Morgan fingerprint density at radius 3 is 2.79 bits per heavy atom. The van der Waals surface area contributed by atoms with E-state index in [0.29, 0.717) is 5.69 Å². The second kappa shape index (κ2) is 6.11. The van der Waals surface area contributed by atoms with Gasteiger partial charge in [0.25, 0.3) is 5.91 Å². The van der Waals surface area contributed by atoms with E-state index in [-0.39, 0.29) is 17.2 Å². The van der Waals surface area contributed by atoms with Crippen molar-refractivity contribution in [1.82, 2.24) is 20.3 Å². The molecule has 3 heterocycles. The van der Waals surface area contributed by atoms with Gasteiger partial charge in [0.15, 0.2) is 0 Å². The molecule has 0 aliphatic heterocycles. The molecule has 0 spiro atoms. The van der Waals surface area contributed by atoms with Crippen molar-refractivity contribution < 1.29 is 14.7 Å². The highest BCUT2D eigenvalue weighted by Crippen LogP contribution is 2.29. The lowest BCUT2D eigenvalue weighted by molar-refractivity contribution is 0.0696. The Bertz CT molecular complexity index is 932. The highest BCUT2D eigenvalue weighted by molar-refractivity contribution is 5.96. The Labute approximate surface area is 137 Å². The first kappa shape index (κ1) is 15.7. The van der Waals surface area contributed by atoms with Crippen LogP contribution in [0.5, 0.6) is 0 Å². The molecule has 0 fully saturated rings. The monoisotopic (exact) mass is 324 g/mol. The molecule has 1 unspecified atom stereocenters. The number of aromatic amines is 1. The van der Waals surface area contributed by atoms with Gasteiger partial charge >= 0.3 is 5.97 Å². The van der Waals surface area contributed by atoms with E-state index in [1.54, 1.807) is 12.4 Å². The summed E-state index contributed by atoms with van der Waals surface area (Å²) >= 11 is 0. The molecule has 1 amide bonds. The first-order valence-electron chi connectivity index (χ1n) is 7.39. The fourth-order valence-corrected chi connectivity index (χ4v) is 2.65. The van der Waals surface area contributed by atoms with E-state index in [9.17, 15) is 14.7 Å². The van der Waals surface area contributed by atoms with Crippen LogP contribution in [0.15, 0.2) is 36.8 Å². The number of nitrogens with zero attached hydrogens (tertiary/aromatic N) is 2. The summed E-state index contributed by atoms with van der Waals surface area (Å²) in [5.74, 6) is -1.75. The fraction of sp³-hybridized carbons (Fsp3) is 0.176. The second-order valence-corrected chi connectivity index (χ2v) is 5.44. The summed E-state index contributed by atoms with van der Waals surface area (Å²) in [6, 6.07) is 4.70. The van der Waals surface area contributed by atoms with Crippen LogP contribution in [0.2, 0.25) is 0 Å². The summed E-state index contributed by atoms with van der Waals surface area (Å²) in [4.78, 5) is 34.9. The standard InChI is InChI=1S/C17H16N4O3/c1-9(12-7-19-8-15-11(12)3-4-20-15)13-5-10(17(23)24)6-14(21-13)16(22)18-2/h3-9,20H,1-2H3,(H,18,22)(H,23,24). The van der Waals surface area contributed by atoms with E-state index >= 15 is 0 Å². The van der Waals surface area contributed by atoms with E-state index in [1.165, 1.54) is 19.2 Å². The number of carbonyl (C=O) groups is 2. The number of rotatable bonds is 4. The van der Waals surface area contributed by atoms with Gasteiger partial charge in [-0.3, -0.25) is 9.78 Å². The summed E-state index contributed by atoms with van der Waals surface area (Å²) < 4.78 is 0. The third kappa shape index (κ3) is 2.71. The zero-order chi connectivity index (χ0) is 17.3. The molecule has 1 atom stereocenters. The van der Waals surface area contributed by atoms with E-state index in [4.69, 9.17) is 0 Å². The molecular weight excluding hydrogens is 308 g/mol. The molecule has 3 N–H and O–H groups in total. The van der Waals surface area contributed by atoms with Gasteiger partial charge < -0.3 is 15.4 Å². The molecule has 0 aliphatic rings. The number of aromatic carboxylic acids is 1. The molecule has 0 radical (unpaired) electrons. The van der Waals surface area contributed by atoms with E-state index in [2.05, 4.69) is 20.3 Å². The van der Waals surface area contributed by atoms with Gasteiger partial charge in [0.2, 0.25) is 0 Å². The number of carboxylic acids is 1. The maximum atomic E-state index is 11.9. The molecule has 0 aromatic carbocycles. The van der Waals surface area contributed by atoms with Crippen molar-refractivity contribution in [2.75, 3.05) is 7.05 Å². The minimum Gasteiger partial charge on any atom is -0.478 e. The number of carbonyl (C=O) groups excluding carboxylic acids is 1. The lowest BCUT2D eigenvalue weighted by atomic mass is 9.95. The molecule has 7 nitrogen and oxygen atoms in total. The number of aromatic nitrogens is 3. The van der Waals surface area contributed by atoms with Crippen LogP contribution >= 0.6 is 0 Å². The number of pyridine rings is 2. The van der Waals surface area contributed by atoms with Gasteiger partial charge in [0, 0.05) is 36.4 Å². The molecule has 7 heteroatoms. The maximum absolute atomic E-state index is 11.9. The zero-order valence-corrected chi connectivity index (χ0v) is 13.2. The average molecular weight is 324 g/mol. The number of amides is 1. The Morgan fingerprint density at radius 2 is 2.08 bits per heavy atom. The molecule has 3 aromatic rings.